The number of para-hydroxylation sites is 1. The number of amides is 1. The number of primary amides is 1. The number of aromatic nitrogens is 3. The molecular weight excluding hydrogens is 394 g/mol. The Hall–Kier alpha value is -3.65. The van der Waals surface area contributed by atoms with E-state index in [1.165, 1.54) is 0 Å². The lowest BCUT2D eigenvalue weighted by Gasteiger charge is -2.15. The van der Waals surface area contributed by atoms with E-state index in [0.717, 1.165) is 34.7 Å². The van der Waals surface area contributed by atoms with Gasteiger partial charge < -0.3 is 21.3 Å². The van der Waals surface area contributed by atoms with Gasteiger partial charge in [-0.05, 0) is 23.6 Å². The van der Waals surface area contributed by atoms with Crippen molar-refractivity contribution in [3.8, 4) is 0 Å². The first-order chi connectivity index (χ1) is 15.0. The monoisotopic (exact) mass is 419 g/mol. The predicted molar refractivity (Wildman–Crippen MR) is 119 cm³/mol. The van der Waals surface area contributed by atoms with Gasteiger partial charge in [0.1, 0.15) is 18.2 Å². The van der Waals surface area contributed by atoms with Crippen LogP contribution in [0.2, 0.25) is 0 Å². The van der Waals surface area contributed by atoms with Crippen molar-refractivity contribution in [2.24, 2.45) is 5.73 Å². The molecule has 1 atom stereocenters. The molecule has 1 amide bonds. The van der Waals surface area contributed by atoms with Crippen LogP contribution in [0.5, 0.6) is 0 Å². The minimum absolute atomic E-state index is 0.0793. The number of benzene rings is 2. The van der Waals surface area contributed by atoms with Crippen LogP contribution in [0.1, 0.15) is 42.7 Å². The Morgan fingerprint density at radius 2 is 1.94 bits per heavy atom. The topological polar surface area (TPSA) is 129 Å². The van der Waals surface area contributed by atoms with Gasteiger partial charge in [0.15, 0.2) is 5.82 Å². The first-order valence-corrected chi connectivity index (χ1v) is 10.2. The summed E-state index contributed by atoms with van der Waals surface area (Å²) in [5, 5.41) is 17.8. The van der Waals surface area contributed by atoms with Crippen molar-refractivity contribution in [3.05, 3.63) is 65.4 Å². The van der Waals surface area contributed by atoms with Gasteiger partial charge in [-0.3, -0.25) is 4.68 Å². The number of nitrogens with two attached hydrogens (primary N) is 2. The summed E-state index contributed by atoms with van der Waals surface area (Å²) in [5.41, 5.74) is 14.8. The number of fused-ring (bicyclic) bond motifs is 3. The van der Waals surface area contributed by atoms with Crippen LogP contribution in [0, 0.1) is 0 Å². The van der Waals surface area contributed by atoms with Crippen molar-refractivity contribution in [2.45, 2.75) is 39.0 Å². The third-order valence-electron chi connectivity index (χ3n) is 5.31. The van der Waals surface area contributed by atoms with Crippen molar-refractivity contribution in [2.75, 3.05) is 5.73 Å². The highest BCUT2D eigenvalue weighted by Crippen LogP contribution is 2.36. The van der Waals surface area contributed by atoms with Gasteiger partial charge in [-0.25, -0.2) is 9.78 Å². The molecule has 31 heavy (non-hydrogen) atoms. The molecule has 160 valence electrons. The Labute approximate surface area is 179 Å². The molecule has 5 N–H and O–H groups in total. The smallest absolute Gasteiger partial charge is 0.404 e. The highest BCUT2D eigenvalue weighted by atomic mass is 16.5. The molecule has 0 spiro atoms. The number of carbonyl (C=O) groups excluding carboxylic acids is 1. The number of aryl methyl sites for hydroxylation is 1. The third-order valence-corrected chi connectivity index (χ3v) is 5.31. The lowest BCUT2D eigenvalue weighted by molar-refractivity contribution is 0.150. The molecule has 2 heterocycles. The molecule has 0 aliphatic carbocycles. The SMILES string of the molecule is CCCCn1nc2c(N)nc3ccccc3c2c1C(O)c1ccc(COC(N)=O)cc1. The van der Waals surface area contributed by atoms with Gasteiger partial charge in [0.25, 0.3) is 0 Å². The summed E-state index contributed by atoms with van der Waals surface area (Å²) in [4.78, 5) is 15.3. The largest absolute Gasteiger partial charge is 0.445 e. The fraction of sp³-hybridized carbons (Fsp3) is 0.261. The molecule has 0 radical (unpaired) electrons. The number of aliphatic hydroxyl groups is 1. The molecule has 8 heteroatoms. The Bertz CT molecular complexity index is 1230. The molecule has 0 saturated carbocycles. The van der Waals surface area contributed by atoms with E-state index in [1.54, 1.807) is 24.3 Å². The van der Waals surface area contributed by atoms with E-state index < -0.39 is 12.2 Å². The lowest BCUT2D eigenvalue weighted by Crippen LogP contribution is -2.13. The number of hydrogen-bond acceptors (Lipinski definition) is 6. The number of pyridine rings is 1. The van der Waals surface area contributed by atoms with Crippen LogP contribution < -0.4 is 11.5 Å². The van der Waals surface area contributed by atoms with E-state index in [0.29, 0.717) is 29.1 Å². The highest BCUT2D eigenvalue weighted by Gasteiger charge is 2.24. The average molecular weight is 419 g/mol. The molecule has 0 aliphatic heterocycles. The standard InChI is InChI=1S/C23H25N5O3/c1-2-3-12-28-20(21(29)15-10-8-14(9-11-15)13-31-23(25)30)18-16-6-4-5-7-17(16)26-22(24)19(18)27-28/h4-11,21,29H,2-3,12-13H2,1H3,(H2,24,26)(H2,25,30). The van der Waals surface area contributed by atoms with Crippen LogP contribution in [-0.2, 0) is 17.9 Å². The number of rotatable bonds is 7. The molecule has 2 aromatic heterocycles. The van der Waals surface area contributed by atoms with Crippen molar-refractivity contribution in [1.82, 2.24) is 14.8 Å². The van der Waals surface area contributed by atoms with E-state index in [9.17, 15) is 9.90 Å². The molecule has 0 fully saturated rings. The van der Waals surface area contributed by atoms with Crippen LogP contribution in [0.25, 0.3) is 21.8 Å². The predicted octanol–water partition coefficient (Wildman–Crippen LogP) is 3.64. The summed E-state index contributed by atoms with van der Waals surface area (Å²) in [5.74, 6) is 0.344. The maximum Gasteiger partial charge on any atom is 0.404 e. The minimum atomic E-state index is -0.918. The minimum Gasteiger partial charge on any atom is -0.445 e. The fourth-order valence-corrected chi connectivity index (χ4v) is 3.75. The first-order valence-electron chi connectivity index (χ1n) is 10.2. The summed E-state index contributed by atoms with van der Waals surface area (Å²) >= 11 is 0. The Balaban J connectivity index is 1.83. The van der Waals surface area contributed by atoms with E-state index >= 15 is 0 Å². The van der Waals surface area contributed by atoms with Crippen LogP contribution >= 0.6 is 0 Å². The molecular formula is C23H25N5O3. The van der Waals surface area contributed by atoms with Gasteiger partial charge >= 0.3 is 6.09 Å². The maximum atomic E-state index is 11.4. The number of nitrogens with zero attached hydrogens (tertiary/aromatic N) is 3. The van der Waals surface area contributed by atoms with Crippen LogP contribution in [0.15, 0.2) is 48.5 Å². The van der Waals surface area contributed by atoms with Gasteiger partial charge in [-0.15, -0.1) is 0 Å². The van der Waals surface area contributed by atoms with Crippen molar-refractivity contribution in [1.29, 1.82) is 0 Å². The molecule has 8 nitrogen and oxygen atoms in total. The zero-order chi connectivity index (χ0) is 22.0. The number of ether oxygens (including phenoxy) is 1. The van der Waals surface area contributed by atoms with E-state index in [2.05, 4.69) is 11.9 Å². The van der Waals surface area contributed by atoms with Gasteiger partial charge in [-0.1, -0.05) is 55.8 Å². The number of carbonyl (C=O) groups is 1. The Morgan fingerprint density at radius 1 is 1.19 bits per heavy atom. The average Bonchev–Trinajstić information content (AvgIpc) is 3.16. The fourth-order valence-electron chi connectivity index (χ4n) is 3.75. The van der Waals surface area contributed by atoms with Gasteiger partial charge in [0, 0.05) is 17.3 Å². The molecule has 0 saturated heterocycles. The summed E-state index contributed by atoms with van der Waals surface area (Å²) < 4.78 is 6.67. The zero-order valence-corrected chi connectivity index (χ0v) is 17.3. The Kier molecular flexibility index (Phi) is 5.73. The van der Waals surface area contributed by atoms with Gasteiger partial charge in [0.05, 0.1) is 11.2 Å². The highest BCUT2D eigenvalue weighted by molar-refractivity contribution is 6.09. The first kappa shape index (κ1) is 20.6. The van der Waals surface area contributed by atoms with Crippen molar-refractivity contribution >= 4 is 33.7 Å². The normalized spacial score (nSPS) is 12.3. The third kappa shape index (κ3) is 4.02. The van der Waals surface area contributed by atoms with Gasteiger partial charge in [-0.2, -0.15) is 5.10 Å². The Morgan fingerprint density at radius 3 is 2.65 bits per heavy atom. The lowest BCUT2D eigenvalue weighted by atomic mass is 10.00. The number of unbranched alkanes of at least 4 members (excludes halogenated alkanes) is 1. The zero-order valence-electron chi connectivity index (χ0n) is 17.3. The summed E-state index contributed by atoms with van der Waals surface area (Å²) in [7, 11) is 0. The summed E-state index contributed by atoms with van der Waals surface area (Å²) in [6.45, 7) is 2.85. The number of nitrogen functional groups attached to an aromatic ring is 1. The maximum absolute atomic E-state index is 11.4. The molecule has 1 unspecified atom stereocenters. The van der Waals surface area contributed by atoms with Crippen LogP contribution in [-0.4, -0.2) is 26.0 Å². The number of anilines is 1. The molecule has 4 aromatic rings. The van der Waals surface area contributed by atoms with Gasteiger partial charge in [0.2, 0.25) is 0 Å². The summed E-state index contributed by atoms with van der Waals surface area (Å²) in [6, 6.07) is 14.9. The second-order valence-corrected chi connectivity index (χ2v) is 7.45. The van der Waals surface area contributed by atoms with Crippen molar-refractivity contribution < 1.29 is 14.6 Å². The molecule has 0 bridgehead atoms. The second kappa shape index (κ2) is 8.61. The van der Waals surface area contributed by atoms with E-state index in [-0.39, 0.29) is 6.61 Å². The van der Waals surface area contributed by atoms with Crippen molar-refractivity contribution in [3.63, 3.8) is 0 Å². The number of aliphatic hydroxyl groups excluding tert-OH is 1. The quantitative estimate of drug-likeness (QED) is 0.419. The van der Waals surface area contributed by atoms with E-state index in [4.69, 9.17) is 21.3 Å². The molecule has 2 aromatic carbocycles. The summed E-state index contributed by atoms with van der Waals surface area (Å²) in [6.07, 6.45) is 0.170. The van der Waals surface area contributed by atoms with Crippen LogP contribution in [0.4, 0.5) is 10.6 Å². The molecule has 4 rings (SSSR count). The van der Waals surface area contributed by atoms with E-state index in [1.807, 2.05) is 28.9 Å². The van der Waals surface area contributed by atoms with Crippen LogP contribution in [0.3, 0.4) is 0 Å². The molecule has 0 aliphatic rings. The number of hydrogen-bond donors (Lipinski definition) is 3. The second-order valence-electron chi connectivity index (χ2n) is 7.45.